The molecule has 2 rings (SSSR count). The van der Waals surface area contributed by atoms with E-state index in [4.69, 9.17) is 10.5 Å². The zero-order valence-corrected chi connectivity index (χ0v) is 10.8. The van der Waals surface area contributed by atoms with E-state index in [2.05, 4.69) is 15.5 Å². The predicted molar refractivity (Wildman–Crippen MR) is 73.4 cm³/mol. The van der Waals surface area contributed by atoms with E-state index in [9.17, 15) is 9.59 Å². The Bertz CT molecular complexity index is 619. The molecule has 1 aromatic heterocycles. The van der Waals surface area contributed by atoms with Crippen LogP contribution >= 0.6 is 0 Å². The van der Waals surface area contributed by atoms with Gasteiger partial charge in [-0.1, -0.05) is 0 Å². The van der Waals surface area contributed by atoms with E-state index in [0.717, 1.165) is 0 Å². The van der Waals surface area contributed by atoms with Gasteiger partial charge in [0.2, 0.25) is 0 Å². The van der Waals surface area contributed by atoms with Crippen LogP contribution in [0, 0.1) is 0 Å². The fraction of sp³-hybridized carbons (Fsp3) is 0.154. The normalized spacial score (nSPS) is 10.1. The Morgan fingerprint density at radius 2 is 2.05 bits per heavy atom. The SMILES string of the molecule is CCOC(=O)c1ccc(NC(=O)c2cc(N)n[nH]2)cc1. The number of amides is 1. The number of nitrogens with one attached hydrogen (secondary N) is 2. The van der Waals surface area contributed by atoms with Crippen LogP contribution in [-0.4, -0.2) is 28.7 Å². The molecule has 1 aromatic carbocycles. The number of carbonyl (C=O) groups is 2. The molecule has 0 bridgehead atoms. The number of aromatic amines is 1. The highest BCUT2D eigenvalue weighted by Crippen LogP contribution is 2.12. The second-order valence-corrected chi connectivity index (χ2v) is 3.96. The monoisotopic (exact) mass is 274 g/mol. The van der Waals surface area contributed by atoms with Gasteiger partial charge in [0.25, 0.3) is 5.91 Å². The third kappa shape index (κ3) is 3.14. The van der Waals surface area contributed by atoms with Gasteiger partial charge < -0.3 is 15.8 Å². The summed E-state index contributed by atoms with van der Waals surface area (Å²) in [7, 11) is 0. The molecular formula is C13H14N4O3. The van der Waals surface area contributed by atoms with Crippen LogP contribution in [0.25, 0.3) is 0 Å². The average Bonchev–Trinajstić information content (AvgIpc) is 2.86. The highest BCUT2D eigenvalue weighted by Gasteiger charge is 2.10. The van der Waals surface area contributed by atoms with Gasteiger partial charge in [0.1, 0.15) is 11.5 Å². The summed E-state index contributed by atoms with van der Waals surface area (Å²) in [6, 6.07) is 7.82. The van der Waals surface area contributed by atoms with Gasteiger partial charge in [-0.3, -0.25) is 9.89 Å². The number of aromatic nitrogens is 2. The van der Waals surface area contributed by atoms with Crippen LogP contribution in [0.5, 0.6) is 0 Å². The number of nitrogens with two attached hydrogens (primary N) is 1. The van der Waals surface area contributed by atoms with Gasteiger partial charge in [-0.25, -0.2) is 4.79 Å². The van der Waals surface area contributed by atoms with E-state index in [1.54, 1.807) is 31.2 Å². The van der Waals surface area contributed by atoms with Crippen LogP contribution < -0.4 is 11.1 Å². The van der Waals surface area contributed by atoms with Crippen molar-refractivity contribution in [1.82, 2.24) is 10.2 Å². The molecule has 0 radical (unpaired) electrons. The lowest BCUT2D eigenvalue weighted by atomic mass is 10.2. The fourth-order valence-electron chi connectivity index (χ4n) is 1.56. The number of nitrogens with zero attached hydrogens (tertiary/aromatic N) is 1. The van der Waals surface area contributed by atoms with Gasteiger partial charge in [-0.2, -0.15) is 5.10 Å². The summed E-state index contributed by atoms with van der Waals surface area (Å²) in [5.41, 5.74) is 6.66. The molecule has 0 aliphatic rings. The lowest BCUT2D eigenvalue weighted by Crippen LogP contribution is -2.12. The molecule has 0 aliphatic heterocycles. The van der Waals surface area contributed by atoms with Crippen LogP contribution in [0.15, 0.2) is 30.3 Å². The molecule has 0 saturated heterocycles. The van der Waals surface area contributed by atoms with Crippen molar-refractivity contribution in [2.45, 2.75) is 6.92 Å². The predicted octanol–water partition coefficient (Wildman–Crippen LogP) is 1.42. The van der Waals surface area contributed by atoms with Crippen LogP contribution in [0.1, 0.15) is 27.8 Å². The number of hydrogen-bond donors (Lipinski definition) is 3. The van der Waals surface area contributed by atoms with Crippen molar-refractivity contribution in [2.75, 3.05) is 17.7 Å². The Labute approximate surface area is 115 Å². The summed E-state index contributed by atoms with van der Waals surface area (Å²) in [6.07, 6.45) is 0. The van der Waals surface area contributed by atoms with Crippen molar-refractivity contribution in [3.05, 3.63) is 41.6 Å². The first-order valence-electron chi connectivity index (χ1n) is 5.99. The standard InChI is InChI=1S/C13H14N4O3/c1-2-20-13(19)8-3-5-9(6-4-8)15-12(18)10-7-11(14)17-16-10/h3-7H,2H2,1H3,(H,15,18)(H3,14,16,17). The van der Waals surface area contributed by atoms with Crippen LogP contribution in [0.4, 0.5) is 11.5 Å². The molecular weight excluding hydrogens is 260 g/mol. The van der Waals surface area contributed by atoms with Crippen LogP contribution in [0.2, 0.25) is 0 Å². The van der Waals surface area contributed by atoms with Crippen molar-refractivity contribution in [3.63, 3.8) is 0 Å². The van der Waals surface area contributed by atoms with Crippen LogP contribution in [0.3, 0.4) is 0 Å². The van der Waals surface area contributed by atoms with Crippen molar-refractivity contribution in [3.8, 4) is 0 Å². The van der Waals surface area contributed by atoms with E-state index in [0.29, 0.717) is 17.9 Å². The minimum Gasteiger partial charge on any atom is -0.462 e. The molecule has 0 aliphatic carbocycles. The van der Waals surface area contributed by atoms with Gasteiger partial charge in [0, 0.05) is 11.8 Å². The summed E-state index contributed by atoms with van der Waals surface area (Å²) in [4.78, 5) is 23.3. The first-order valence-corrected chi connectivity index (χ1v) is 5.99. The number of carbonyl (C=O) groups excluding carboxylic acids is 2. The Hall–Kier alpha value is -2.83. The van der Waals surface area contributed by atoms with E-state index in [1.807, 2.05) is 0 Å². The zero-order valence-electron chi connectivity index (χ0n) is 10.8. The minimum atomic E-state index is -0.397. The quantitative estimate of drug-likeness (QED) is 0.730. The lowest BCUT2D eigenvalue weighted by molar-refractivity contribution is 0.0526. The van der Waals surface area contributed by atoms with Gasteiger partial charge in [0.15, 0.2) is 0 Å². The molecule has 4 N–H and O–H groups in total. The largest absolute Gasteiger partial charge is 0.462 e. The Morgan fingerprint density at radius 1 is 1.35 bits per heavy atom. The number of benzene rings is 1. The first-order chi connectivity index (χ1) is 9.60. The number of nitrogen functional groups attached to an aromatic ring is 1. The highest BCUT2D eigenvalue weighted by molar-refractivity contribution is 6.03. The second-order valence-electron chi connectivity index (χ2n) is 3.96. The van der Waals surface area contributed by atoms with Crippen molar-refractivity contribution in [2.24, 2.45) is 0 Å². The third-order valence-corrected chi connectivity index (χ3v) is 2.50. The summed E-state index contributed by atoms with van der Waals surface area (Å²) in [5, 5.41) is 8.83. The molecule has 2 aromatic rings. The van der Waals surface area contributed by atoms with E-state index >= 15 is 0 Å². The maximum atomic E-state index is 11.8. The molecule has 0 saturated carbocycles. The Morgan fingerprint density at radius 3 is 2.60 bits per heavy atom. The summed E-state index contributed by atoms with van der Waals surface area (Å²) in [6.45, 7) is 2.06. The summed E-state index contributed by atoms with van der Waals surface area (Å²) < 4.78 is 4.87. The maximum absolute atomic E-state index is 11.8. The van der Waals surface area contributed by atoms with Crippen LogP contribution in [-0.2, 0) is 4.74 Å². The smallest absolute Gasteiger partial charge is 0.338 e. The molecule has 0 atom stereocenters. The zero-order chi connectivity index (χ0) is 14.5. The third-order valence-electron chi connectivity index (χ3n) is 2.50. The number of H-pyrrole nitrogens is 1. The average molecular weight is 274 g/mol. The second kappa shape index (κ2) is 5.87. The molecule has 0 fully saturated rings. The fourth-order valence-corrected chi connectivity index (χ4v) is 1.56. The van der Waals surface area contributed by atoms with Gasteiger partial charge in [-0.05, 0) is 31.2 Å². The minimum absolute atomic E-state index is 0.243. The van der Waals surface area contributed by atoms with Crippen molar-refractivity contribution in [1.29, 1.82) is 0 Å². The molecule has 1 amide bonds. The Kier molecular flexibility index (Phi) is 3.99. The van der Waals surface area contributed by atoms with E-state index in [-0.39, 0.29) is 17.4 Å². The molecule has 7 nitrogen and oxygen atoms in total. The van der Waals surface area contributed by atoms with Crippen molar-refractivity contribution >= 4 is 23.4 Å². The molecule has 7 heteroatoms. The Balaban J connectivity index is 2.04. The number of rotatable bonds is 4. The molecule has 1 heterocycles. The number of anilines is 2. The molecule has 20 heavy (non-hydrogen) atoms. The molecule has 0 unspecified atom stereocenters. The topological polar surface area (TPSA) is 110 Å². The number of ether oxygens (including phenoxy) is 1. The van der Waals surface area contributed by atoms with Gasteiger partial charge in [-0.15, -0.1) is 0 Å². The maximum Gasteiger partial charge on any atom is 0.338 e. The van der Waals surface area contributed by atoms with Crippen molar-refractivity contribution < 1.29 is 14.3 Å². The molecule has 104 valence electrons. The highest BCUT2D eigenvalue weighted by atomic mass is 16.5. The first kappa shape index (κ1) is 13.6. The van der Waals surface area contributed by atoms with E-state index < -0.39 is 5.97 Å². The lowest BCUT2D eigenvalue weighted by Gasteiger charge is -2.05. The van der Waals surface area contributed by atoms with E-state index in [1.165, 1.54) is 6.07 Å². The molecule has 0 spiro atoms. The summed E-state index contributed by atoms with van der Waals surface area (Å²) in [5.74, 6) is -0.516. The number of hydrogen-bond acceptors (Lipinski definition) is 5. The van der Waals surface area contributed by atoms with Gasteiger partial charge in [0.05, 0.1) is 12.2 Å². The number of esters is 1. The summed E-state index contributed by atoms with van der Waals surface area (Å²) >= 11 is 0. The van der Waals surface area contributed by atoms with Gasteiger partial charge >= 0.3 is 5.97 Å².